The second kappa shape index (κ2) is 3.95. The monoisotopic (exact) mass is 248 g/mol. The van der Waals surface area contributed by atoms with E-state index in [0.29, 0.717) is 23.5 Å². The summed E-state index contributed by atoms with van der Waals surface area (Å²) in [6.45, 7) is 6.38. The van der Waals surface area contributed by atoms with Crippen molar-refractivity contribution in [2.24, 2.45) is 17.8 Å². The average Bonchev–Trinajstić information content (AvgIpc) is 2.75. The molecule has 98 valence electrons. The van der Waals surface area contributed by atoms with Gasteiger partial charge >= 0.3 is 0 Å². The minimum Gasteiger partial charge on any atom is -0.461 e. The molecule has 0 bridgehead atoms. The topological polar surface area (TPSA) is 50.4 Å². The van der Waals surface area contributed by atoms with Crippen LogP contribution in [0.25, 0.3) is 0 Å². The van der Waals surface area contributed by atoms with Gasteiger partial charge in [0, 0.05) is 17.0 Å². The van der Waals surface area contributed by atoms with Crippen molar-refractivity contribution in [1.82, 2.24) is 0 Å². The van der Waals surface area contributed by atoms with Gasteiger partial charge in [-0.05, 0) is 30.6 Å². The van der Waals surface area contributed by atoms with E-state index in [2.05, 4.69) is 13.8 Å². The van der Waals surface area contributed by atoms with Crippen molar-refractivity contribution >= 4 is 5.78 Å². The number of rotatable bonds is 1. The van der Waals surface area contributed by atoms with Gasteiger partial charge in [0.15, 0.2) is 5.76 Å². The van der Waals surface area contributed by atoms with E-state index in [1.807, 2.05) is 6.92 Å². The third-order valence-electron chi connectivity index (χ3n) is 4.74. The molecule has 0 fully saturated rings. The molecule has 0 unspecified atom stereocenters. The quantitative estimate of drug-likeness (QED) is 0.829. The molecule has 1 aromatic heterocycles. The maximum Gasteiger partial charge on any atom is 0.201 e. The number of carbonyl (C=O) groups is 1. The van der Waals surface area contributed by atoms with Crippen LogP contribution >= 0.6 is 0 Å². The number of furan rings is 1. The van der Waals surface area contributed by atoms with Crippen LogP contribution in [0, 0.1) is 17.8 Å². The van der Waals surface area contributed by atoms with Gasteiger partial charge in [-0.3, -0.25) is 4.79 Å². The molecule has 4 atom stereocenters. The lowest BCUT2D eigenvalue weighted by atomic mass is 9.64. The largest absolute Gasteiger partial charge is 0.461 e. The molecule has 1 N–H and O–H groups in total. The van der Waals surface area contributed by atoms with E-state index >= 15 is 0 Å². The number of carbonyl (C=O) groups excluding carboxylic acids is 1. The summed E-state index contributed by atoms with van der Waals surface area (Å²) < 4.78 is 5.46. The molecule has 0 aromatic carbocycles. The van der Waals surface area contributed by atoms with Crippen LogP contribution in [0.2, 0.25) is 0 Å². The average molecular weight is 248 g/mol. The summed E-state index contributed by atoms with van der Waals surface area (Å²) in [5.41, 5.74) is 1.86. The molecule has 3 rings (SSSR count). The zero-order valence-corrected chi connectivity index (χ0v) is 11.1. The fourth-order valence-electron chi connectivity index (χ4n) is 3.72. The maximum absolute atomic E-state index is 12.1. The van der Waals surface area contributed by atoms with E-state index in [4.69, 9.17) is 4.42 Å². The number of aliphatic hydroxyl groups is 1. The number of aliphatic hydroxyl groups excluding tert-OH is 1. The van der Waals surface area contributed by atoms with E-state index in [1.165, 1.54) is 0 Å². The fourth-order valence-corrected chi connectivity index (χ4v) is 3.72. The molecule has 0 saturated heterocycles. The Morgan fingerprint density at radius 3 is 2.78 bits per heavy atom. The Labute approximate surface area is 107 Å². The molecule has 0 aliphatic heterocycles. The van der Waals surface area contributed by atoms with Gasteiger partial charge in [0.25, 0.3) is 0 Å². The lowest BCUT2D eigenvalue weighted by Gasteiger charge is -2.40. The summed E-state index contributed by atoms with van der Waals surface area (Å²) in [5.74, 6) is 1.99. The van der Waals surface area contributed by atoms with E-state index < -0.39 is 6.10 Å². The lowest BCUT2D eigenvalue weighted by molar-refractivity contribution is 0.0773. The van der Waals surface area contributed by atoms with Gasteiger partial charge in [0.05, 0.1) is 12.4 Å². The van der Waals surface area contributed by atoms with Gasteiger partial charge in [-0.2, -0.15) is 0 Å². The summed E-state index contributed by atoms with van der Waals surface area (Å²) in [6.07, 6.45) is 2.81. The molecule has 0 saturated carbocycles. The van der Waals surface area contributed by atoms with E-state index in [0.717, 1.165) is 24.0 Å². The Morgan fingerprint density at radius 2 is 2.11 bits per heavy atom. The molecule has 3 nitrogen and oxygen atoms in total. The minimum absolute atomic E-state index is 0.0398. The molecule has 2 aliphatic rings. The van der Waals surface area contributed by atoms with Crippen LogP contribution in [0.5, 0.6) is 0 Å². The summed E-state index contributed by atoms with van der Waals surface area (Å²) >= 11 is 0. The van der Waals surface area contributed by atoms with Crippen LogP contribution in [0.15, 0.2) is 10.7 Å². The zero-order valence-electron chi connectivity index (χ0n) is 11.1. The highest BCUT2D eigenvalue weighted by atomic mass is 16.3. The first-order chi connectivity index (χ1) is 8.50. The van der Waals surface area contributed by atoms with Crippen LogP contribution in [-0.4, -0.2) is 10.9 Å². The molecule has 0 radical (unpaired) electrons. The molecule has 0 spiro atoms. The van der Waals surface area contributed by atoms with Crippen molar-refractivity contribution in [3.8, 4) is 0 Å². The summed E-state index contributed by atoms with van der Waals surface area (Å²) in [5, 5.41) is 10.2. The van der Waals surface area contributed by atoms with Crippen LogP contribution < -0.4 is 0 Å². The first-order valence-electron chi connectivity index (χ1n) is 6.84. The standard InChI is InChI=1S/C15H20O3/c1-7(2)9-5-12(16)11-6-18-15-13(11)10(9)4-8(3)14(15)17/h6-10,12,16H,4-5H2,1-3H3/t8-,9+,10+,12+/m0/s1. The molecule has 1 aromatic rings. The van der Waals surface area contributed by atoms with Crippen molar-refractivity contribution in [2.45, 2.75) is 45.6 Å². The smallest absolute Gasteiger partial charge is 0.201 e. The van der Waals surface area contributed by atoms with Gasteiger partial charge in [0.1, 0.15) is 0 Å². The highest BCUT2D eigenvalue weighted by Gasteiger charge is 2.45. The van der Waals surface area contributed by atoms with Crippen molar-refractivity contribution in [3.05, 3.63) is 23.2 Å². The molecule has 2 aliphatic carbocycles. The highest BCUT2D eigenvalue weighted by molar-refractivity contribution is 5.98. The predicted molar refractivity (Wildman–Crippen MR) is 67.5 cm³/mol. The maximum atomic E-state index is 12.1. The van der Waals surface area contributed by atoms with Gasteiger partial charge in [-0.1, -0.05) is 20.8 Å². The normalized spacial score (nSPS) is 34.8. The first-order valence-corrected chi connectivity index (χ1v) is 6.84. The van der Waals surface area contributed by atoms with Crippen LogP contribution in [0.1, 0.15) is 67.3 Å². The van der Waals surface area contributed by atoms with Crippen molar-refractivity contribution in [2.75, 3.05) is 0 Å². The van der Waals surface area contributed by atoms with Gasteiger partial charge < -0.3 is 9.52 Å². The predicted octanol–water partition coefficient (Wildman–Crippen LogP) is 3.30. The molecule has 0 amide bonds. The second-order valence-electron chi connectivity index (χ2n) is 6.20. The molecule has 1 heterocycles. The summed E-state index contributed by atoms with van der Waals surface area (Å²) in [7, 11) is 0. The van der Waals surface area contributed by atoms with Crippen LogP contribution in [0.4, 0.5) is 0 Å². The lowest BCUT2D eigenvalue weighted by Crippen LogP contribution is -2.33. The summed E-state index contributed by atoms with van der Waals surface area (Å²) in [6, 6.07) is 0. The zero-order chi connectivity index (χ0) is 13.0. The Balaban J connectivity index is 2.14. The number of hydrogen-bond acceptors (Lipinski definition) is 3. The number of hydrogen-bond donors (Lipinski definition) is 1. The summed E-state index contributed by atoms with van der Waals surface area (Å²) in [4.78, 5) is 12.1. The highest BCUT2D eigenvalue weighted by Crippen LogP contribution is 2.52. The van der Waals surface area contributed by atoms with Crippen molar-refractivity contribution in [3.63, 3.8) is 0 Å². The van der Waals surface area contributed by atoms with Crippen LogP contribution in [0.3, 0.4) is 0 Å². The van der Waals surface area contributed by atoms with Gasteiger partial charge in [-0.15, -0.1) is 0 Å². The molecular weight excluding hydrogens is 228 g/mol. The Bertz CT molecular complexity index is 486. The van der Waals surface area contributed by atoms with Crippen molar-refractivity contribution in [1.29, 1.82) is 0 Å². The minimum atomic E-state index is -0.470. The first kappa shape index (κ1) is 12.0. The SMILES string of the molecule is CC(C)[C@H]1C[C@@H](O)c2coc3c2[C@@H]1C[C@H](C)C3=O. The van der Waals surface area contributed by atoms with E-state index in [1.54, 1.807) is 6.26 Å². The Hall–Kier alpha value is -1.09. The Kier molecular flexibility index (Phi) is 2.63. The number of ketones is 1. The van der Waals surface area contributed by atoms with Gasteiger partial charge in [0.2, 0.25) is 5.78 Å². The van der Waals surface area contributed by atoms with E-state index in [-0.39, 0.29) is 11.7 Å². The number of Topliss-reactive ketones (excluding diaryl/α,β-unsaturated/α-hetero) is 1. The van der Waals surface area contributed by atoms with E-state index in [9.17, 15) is 9.90 Å². The van der Waals surface area contributed by atoms with Gasteiger partial charge in [-0.25, -0.2) is 0 Å². The third kappa shape index (κ3) is 1.50. The van der Waals surface area contributed by atoms with Crippen molar-refractivity contribution < 1.29 is 14.3 Å². The second-order valence-corrected chi connectivity index (χ2v) is 6.20. The molecular formula is C15H20O3. The molecule has 18 heavy (non-hydrogen) atoms. The van der Waals surface area contributed by atoms with Crippen LogP contribution in [-0.2, 0) is 0 Å². The third-order valence-corrected chi connectivity index (χ3v) is 4.74. The Morgan fingerprint density at radius 1 is 1.39 bits per heavy atom. The fraction of sp³-hybridized carbons (Fsp3) is 0.667. The molecule has 3 heteroatoms.